The van der Waals surface area contributed by atoms with E-state index >= 15 is 0 Å². The lowest BCUT2D eigenvalue weighted by Gasteiger charge is -2.19. The van der Waals surface area contributed by atoms with Crippen molar-refractivity contribution >= 4 is 5.91 Å². The summed E-state index contributed by atoms with van der Waals surface area (Å²) in [6.07, 6.45) is 3.49. The highest BCUT2D eigenvalue weighted by Crippen LogP contribution is 2.31. The maximum Gasteiger partial charge on any atom is 0.258 e. The maximum absolute atomic E-state index is 12.5. The summed E-state index contributed by atoms with van der Waals surface area (Å²) in [6, 6.07) is 5.32. The Labute approximate surface area is 125 Å². The molecule has 0 aliphatic heterocycles. The van der Waals surface area contributed by atoms with Crippen molar-refractivity contribution in [2.24, 2.45) is 17.6 Å². The van der Waals surface area contributed by atoms with Crippen molar-refractivity contribution in [3.63, 3.8) is 0 Å². The first kappa shape index (κ1) is 15.6. The van der Waals surface area contributed by atoms with E-state index in [1.165, 1.54) is 6.42 Å². The van der Waals surface area contributed by atoms with Gasteiger partial charge in [0.15, 0.2) is 0 Å². The maximum atomic E-state index is 12.5. The van der Waals surface area contributed by atoms with Gasteiger partial charge in [-0.25, -0.2) is 0 Å². The van der Waals surface area contributed by atoms with E-state index in [1.54, 1.807) is 32.4 Å². The smallest absolute Gasteiger partial charge is 0.258 e. The highest BCUT2D eigenvalue weighted by Gasteiger charge is 2.27. The van der Waals surface area contributed by atoms with E-state index in [-0.39, 0.29) is 5.91 Å². The Morgan fingerprint density at radius 2 is 1.86 bits per heavy atom. The first-order valence-corrected chi connectivity index (χ1v) is 7.40. The number of hydrogen-bond donors (Lipinski definition) is 2. The third kappa shape index (κ3) is 3.47. The fraction of sp³-hybridized carbons (Fsp3) is 0.562. The minimum absolute atomic E-state index is 0.160. The van der Waals surface area contributed by atoms with Crippen molar-refractivity contribution in [3.05, 3.63) is 23.8 Å². The molecule has 0 spiro atoms. The molecule has 2 unspecified atom stereocenters. The summed E-state index contributed by atoms with van der Waals surface area (Å²) in [5.41, 5.74) is 6.23. The van der Waals surface area contributed by atoms with Gasteiger partial charge in [-0.15, -0.1) is 0 Å². The van der Waals surface area contributed by atoms with Crippen LogP contribution in [0, 0.1) is 11.8 Å². The van der Waals surface area contributed by atoms with Crippen LogP contribution in [-0.4, -0.2) is 33.2 Å². The number of ether oxygens (including phenoxy) is 2. The van der Waals surface area contributed by atoms with Gasteiger partial charge in [0.1, 0.15) is 17.1 Å². The average Bonchev–Trinajstić information content (AvgIpc) is 2.99. The average molecular weight is 292 g/mol. The van der Waals surface area contributed by atoms with E-state index in [0.717, 1.165) is 12.8 Å². The van der Waals surface area contributed by atoms with Gasteiger partial charge in [0.2, 0.25) is 0 Å². The molecule has 116 valence electrons. The molecule has 21 heavy (non-hydrogen) atoms. The monoisotopic (exact) mass is 292 g/mol. The highest BCUT2D eigenvalue weighted by atomic mass is 16.5. The molecule has 0 heterocycles. The van der Waals surface area contributed by atoms with E-state index in [9.17, 15) is 4.79 Å². The lowest BCUT2D eigenvalue weighted by atomic mass is 9.96. The first-order chi connectivity index (χ1) is 10.2. The van der Waals surface area contributed by atoms with Crippen molar-refractivity contribution < 1.29 is 14.3 Å². The molecule has 1 aliphatic carbocycles. The van der Waals surface area contributed by atoms with Gasteiger partial charge in [-0.1, -0.05) is 12.5 Å². The normalized spacial score (nSPS) is 21.1. The zero-order valence-electron chi connectivity index (χ0n) is 12.7. The number of nitrogens with one attached hydrogen (secondary N) is 1. The minimum Gasteiger partial charge on any atom is -0.496 e. The fourth-order valence-electron chi connectivity index (χ4n) is 3.08. The van der Waals surface area contributed by atoms with Crippen LogP contribution in [0.5, 0.6) is 11.5 Å². The van der Waals surface area contributed by atoms with Crippen LogP contribution in [0.15, 0.2) is 18.2 Å². The van der Waals surface area contributed by atoms with Crippen molar-refractivity contribution in [1.29, 1.82) is 0 Å². The quantitative estimate of drug-likeness (QED) is 0.838. The topological polar surface area (TPSA) is 73.6 Å². The second kappa shape index (κ2) is 7.31. The van der Waals surface area contributed by atoms with Crippen molar-refractivity contribution in [1.82, 2.24) is 5.32 Å². The van der Waals surface area contributed by atoms with Crippen LogP contribution in [-0.2, 0) is 0 Å². The summed E-state index contributed by atoms with van der Waals surface area (Å²) < 4.78 is 10.5. The van der Waals surface area contributed by atoms with E-state index in [1.807, 2.05) is 0 Å². The summed E-state index contributed by atoms with van der Waals surface area (Å²) in [5, 5.41) is 3.00. The molecule has 1 fully saturated rings. The molecule has 2 rings (SSSR count). The first-order valence-electron chi connectivity index (χ1n) is 7.40. The van der Waals surface area contributed by atoms with Crippen LogP contribution in [0.3, 0.4) is 0 Å². The zero-order valence-corrected chi connectivity index (χ0v) is 12.7. The van der Waals surface area contributed by atoms with Crippen molar-refractivity contribution in [3.8, 4) is 11.5 Å². The number of methoxy groups -OCH3 is 2. The lowest BCUT2D eigenvalue weighted by molar-refractivity contribution is 0.0938. The summed E-state index contributed by atoms with van der Waals surface area (Å²) in [4.78, 5) is 12.5. The number of nitrogens with two attached hydrogens (primary N) is 1. The predicted molar refractivity (Wildman–Crippen MR) is 81.8 cm³/mol. The van der Waals surface area contributed by atoms with Crippen LogP contribution in [0.4, 0.5) is 0 Å². The Balaban J connectivity index is 2.06. The standard InChI is InChI=1S/C16H24N2O3/c1-20-13-7-4-8-14(21-2)15(13)16(19)18-10-12-6-3-5-11(12)9-17/h4,7-8,11-12H,3,5-6,9-10,17H2,1-2H3,(H,18,19). The Bertz CT molecular complexity index is 468. The molecule has 1 aromatic carbocycles. The van der Waals surface area contributed by atoms with E-state index in [2.05, 4.69) is 5.32 Å². The molecule has 0 bridgehead atoms. The van der Waals surface area contributed by atoms with Gasteiger partial charge >= 0.3 is 0 Å². The predicted octanol–water partition coefficient (Wildman–Crippen LogP) is 1.81. The third-order valence-electron chi connectivity index (χ3n) is 4.30. The fourth-order valence-corrected chi connectivity index (χ4v) is 3.08. The van der Waals surface area contributed by atoms with Crippen LogP contribution >= 0.6 is 0 Å². The van der Waals surface area contributed by atoms with Gasteiger partial charge in [-0.2, -0.15) is 0 Å². The van der Waals surface area contributed by atoms with Crippen LogP contribution in [0.1, 0.15) is 29.6 Å². The second-order valence-electron chi connectivity index (χ2n) is 5.43. The zero-order chi connectivity index (χ0) is 15.2. The Morgan fingerprint density at radius 3 is 2.43 bits per heavy atom. The van der Waals surface area contributed by atoms with Gasteiger partial charge in [0, 0.05) is 6.54 Å². The molecular weight excluding hydrogens is 268 g/mol. The lowest BCUT2D eigenvalue weighted by Crippen LogP contribution is -2.33. The molecular formula is C16H24N2O3. The summed E-state index contributed by atoms with van der Waals surface area (Å²) in [7, 11) is 3.10. The molecule has 1 aliphatic rings. The molecule has 2 atom stereocenters. The molecule has 0 radical (unpaired) electrons. The number of carbonyl (C=O) groups is 1. The summed E-state index contributed by atoms with van der Waals surface area (Å²) in [6.45, 7) is 1.35. The highest BCUT2D eigenvalue weighted by molar-refractivity contribution is 5.99. The van der Waals surface area contributed by atoms with Gasteiger partial charge in [0.05, 0.1) is 14.2 Å². The van der Waals surface area contributed by atoms with Gasteiger partial charge in [-0.3, -0.25) is 4.79 Å². The van der Waals surface area contributed by atoms with E-state index < -0.39 is 0 Å². The van der Waals surface area contributed by atoms with Crippen molar-refractivity contribution in [2.75, 3.05) is 27.3 Å². The van der Waals surface area contributed by atoms with Gasteiger partial charge in [0.25, 0.3) is 5.91 Å². The van der Waals surface area contributed by atoms with E-state index in [0.29, 0.717) is 42.0 Å². The number of rotatable bonds is 6. The molecule has 5 heteroatoms. The molecule has 0 saturated heterocycles. The molecule has 3 N–H and O–H groups in total. The number of carbonyl (C=O) groups excluding carboxylic acids is 1. The Kier molecular flexibility index (Phi) is 5.44. The van der Waals surface area contributed by atoms with Gasteiger partial charge in [-0.05, 0) is 43.4 Å². The minimum atomic E-state index is -0.160. The summed E-state index contributed by atoms with van der Waals surface area (Å²) in [5.74, 6) is 1.87. The second-order valence-corrected chi connectivity index (χ2v) is 5.43. The molecule has 1 aromatic rings. The number of amides is 1. The molecule has 5 nitrogen and oxygen atoms in total. The number of benzene rings is 1. The largest absolute Gasteiger partial charge is 0.496 e. The number of hydrogen-bond acceptors (Lipinski definition) is 4. The Hall–Kier alpha value is -1.75. The van der Waals surface area contributed by atoms with E-state index in [4.69, 9.17) is 15.2 Å². The SMILES string of the molecule is COc1cccc(OC)c1C(=O)NCC1CCCC1CN. The molecule has 1 saturated carbocycles. The van der Waals surface area contributed by atoms with Crippen LogP contribution < -0.4 is 20.5 Å². The summed E-state index contributed by atoms with van der Waals surface area (Å²) >= 11 is 0. The van der Waals surface area contributed by atoms with Gasteiger partial charge < -0.3 is 20.5 Å². The molecule has 1 amide bonds. The van der Waals surface area contributed by atoms with Crippen LogP contribution in [0.2, 0.25) is 0 Å². The van der Waals surface area contributed by atoms with Crippen molar-refractivity contribution in [2.45, 2.75) is 19.3 Å². The molecule has 0 aromatic heterocycles. The Morgan fingerprint density at radius 1 is 1.24 bits per heavy atom. The third-order valence-corrected chi connectivity index (χ3v) is 4.30. The van der Waals surface area contributed by atoms with Crippen LogP contribution in [0.25, 0.3) is 0 Å².